The molecule has 1 aromatic carbocycles. The van der Waals surface area contributed by atoms with E-state index in [2.05, 4.69) is 15.6 Å². The Morgan fingerprint density at radius 2 is 2.00 bits per heavy atom. The molecule has 2 amide bonds. The van der Waals surface area contributed by atoms with E-state index in [-0.39, 0.29) is 12.1 Å². The molecule has 150 valence electrons. The lowest BCUT2D eigenvalue weighted by Crippen LogP contribution is -2.41. The van der Waals surface area contributed by atoms with Crippen molar-refractivity contribution < 1.29 is 19.0 Å². The topological polar surface area (TPSA) is 81.7 Å². The van der Waals surface area contributed by atoms with E-state index in [0.29, 0.717) is 24.0 Å². The monoisotopic (exact) mass is 385 g/mol. The number of hydrogen-bond acceptors (Lipinski definition) is 5. The van der Waals surface area contributed by atoms with Gasteiger partial charge in [0.15, 0.2) is 11.5 Å². The predicted octanol–water partition coefficient (Wildman–Crippen LogP) is 3.07. The highest BCUT2D eigenvalue weighted by atomic mass is 16.5. The molecule has 2 aromatic rings. The first-order chi connectivity index (χ1) is 13.7. The second-order valence-corrected chi connectivity index (χ2v) is 6.73. The zero-order valence-electron chi connectivity index (χ0n) is 16.3. The Hall–Kier alpha value is -2.80. The van der Waals surface area contributed by atoms with E-state index < -0.39 is 0 Å². The number of aromatic nitrogens is 1. The van der Waals surface area contributed by atoms with Gasteiger partial charge in [-0.15, -0.1) is 0 Å². The molecule has 0 saturated carbocycles. The Balaban J connectivity index is 1.63. The van der Waals surface area contributed by atoms with Crippen molar-refractivity contribution >= 4 is 6.03 Å². The second kappa shape index (κ2) is 9.94. The minimum Gasteiger partial charge on any atom is -0.493 e. The van der Waals surface area contributed by atoms with Crippen LogP contribution >= 0.6 is 0 Å². The average Bonchev–Trinajstić information content (AvgIpc) is 2.77. The Labute approximate surface area is 165 Å². The Kier molecular flexibility index (Phi) is 7.08. The van der Waals surface area contributed by atoms with Crippen LogP contribution in [0.3, 0.4) is 0 Å². The normalized spacial score (nSPS) is 15.5. The van der Waals surface area contributed by atoms with Gasteiger partial charge in [0.2, 0.25) is 0 Å². The smallest absolute Gasteiger partial charge is 0.315 e. The Morgan fingerprint density at radius 1 is 1.21 bits per heavy atom. The summed E-state index contributed by atoms with van der Waals surface area (Å²) in [6, 6.07) is 9.17. The molecule has 0 spiro atoms. The second-order valence-electron chi connectivity index (χ2n) is 6.73. The van der Waals surface area contributed by atoms with Gasteiger partial charge in [0.1, 0.15) is 0 Å². The average molecular weight is 385 g/mol. The van der Waals surface area contributed by atoms with Gasteiger partial charge < -0.3 is 24.8 Å². The van der Waals surface area contributed by atoms with Crippen molar-refractivity contribution in [3.8, 4) is 11.5 Å². The molecule has 0 aliphatic carbocycles. The third-order valence-corrected chi connectivity index (χ3v) is 4.97. The van der Waals surface area contributed by atoms with Crippen LogP contribution in [-0.2, 0) is 11.3 Å². The first kappa shape index (κ1) is 19.9. The van der Waals surface area contributed by atoms with Gasteiger partial charge in [0, 0.05) is 32.2 Å². The number of urea groups is 1. The van der Waals surface area contributed by atoms with Gasteiger partial charge in [-0.2, -0.15) is 0 Å². The van der Waals surface area contributed by atoms with Crippen LogP contribution < -0.4 is 20.1 Å². The Morgan fingerprint density at radius 3 is 2.68 bits per heavy atom. The van der Waals surface area contributed by atoms with Crippen molar-refractivity contribution in [1.29, 1.82) is 0 Å². The van der Waals surface area contributed by atoms with Gasteiger partial charge in [-0.25, -0.2) is 4.79 Å². The fraction of sp³-hybridized carbons (Fsp3) is 0.429. The summed E-state index contributed by atoms with van der Waals surface area (Å²) < 4.78 is 16.0. The zero-order chi connectivity index (χ0) is 19.8. The number of carbonyl (C=O) groups excluding carboxylic acids is 1. The van der Waals surface area contributed by atoms with Gasteiger partial charge in [-0.05, 0) is 48.1 Å². The number of carbonyl (C=O) groups is 1. The van der Waals surface area contributed by atoms with Crippen molar-refractivity contribution in [2.45, 2.75) is 25.4 Å². The maximum atomic E-state index is 12.6. The van der Waals surface area contributed by atoms with Gasteiger partial charge in [-0.1, -0.05) is 12.1 Å². The number of rotatable bonds is 7. The van der Waals surface area contributed by atoms with E-state index in [1.54, 1.807) is 20.4 Å². The third-order valence-electron chi connectivity index (χ3n) is 4.97. The lowest BCUT2D eigenvalue weighted by atomic mass is 9.88. The summed E-state index contributed by atoms with van der Waals surface area (Å²) in [5.41, 5.74) is 1.94. The van der Waals surface area contributed by atoms with Gasteiger partial charge in [0.25, 0.3) is 0 Å². The SMILES string of the molecule is COc1ccc(CNC(=O)N[C@@H](c2cccnc2)C2CCOCC2)cc1OC. The van der Waals surface area contributed by atoms with E-state index in [1.807, 2.05) is 36.5 Å². The van der Waals surface area contributed by atoms with Gasteiger partial charge >= 0.3 is 6.03 Å². The largest absolute Gasteiger partial charge is 0.493 e. The number of methoxy groups -OCH3 is 2. The van der Waals surface area contributed by atoms with Crippen molar-refractivity contribution in [1.82, 2.24) is 15.6 Å². The van der Waals surface area contributed by atoms with Crippen LogP contribution in [0.1, 0.15) is 30.0 Å². The minimum absolute atomic E-state index is 0.0944. The van der Waals surface area contributed by atoms with Gasteiger partial charge in [0.05, 0.1) is 20.3 Å². The molecule has 1 aromatic heterocycles. The maximum Gasteiger partial charge on any atom is 0.315 e. The predicted molar refractivity (Wildman–Crippen MR) is 105 cm³/mol. The molecule has 2 heterocycles. The van der Waals surface area contributed by atoms with Crippen molar-refractivity contribution in [3.63, 3.8) is 0 Å². The molecule has 28 heavy (non-hydrogen) atoms. The van der Waals surface area contributed by atoms with Crippen LogP contribution in [0.5, 0.6) is 11.5 Å². The number of benzene rings is 1. The molecule has 3 rings (SSSR count). The molecule has 1 aliphatic heterocycles. The summed E-state index contributed by atoms with van der Waals surface area (Å²) in [5, 5.41) is 6.05. The van der Waals surface area contributed by atoms with Crippen molar-refractivity contribution in [2.24, 2.45) is 5.92 Å². The van der Waals surface area contributed by atoms with E-state index in [0.717, 1.165) is 37.2 Å². The lowest BCUT2D eigenvalue weighted by Gasteiger charge is -2.31. The molecule has 7 heteroatoms. The van der Waals surface area contributed by atoms with Crippen LogP contribution in [0, 0.1) is 5.92 Å². The molecule has 2 N–H and O–H groups in total. The highest BCUT2D eigenvalue weighted by molar-refractivity contribution is 5.74. The molecule has 1 atom stereocenters. The van der Waals surface area contributed by atoms with Crippen molar-refractivity contribution in [2.75, 3.05) is 27.4 Å². The van der Waals surface area contributed by atoms with E-state index >= 15 is 0 Å². The van der Waals surface area contributed by atoms with E-state index in [9.17, 15) is 4.79 Å². The molecular formula is C21H27N3O4. The fourth-order valence-electron chi connectivity index (χ4n) is 3.45. The number of amides is 2. The minimum atomic E-state index is -0.213. The summed E-state index contributed by atoms with van der Waals surface area (Å²) in [6.45, 7) is 1.83. The molecule has 0 bridgehead atoms. The van der Waals surface area contributed by atoms with Crippen molar-refractivity contribution in [3.05, 3.63) is 53.9 Å². The summed E-state index contributed by atoms with van der Waals surface area (Å²) in [6.07, 6.45) is 5.38. The van der Waals surface area contributed by atoms with Crippen LogP contribution in [0.15, 0.2) is 42.7 Å². The number of ether oxygens (including phenoxy) is 3. The number of pyridine rings is 1. The third kappa shape index (κ3) is 5.13. The molecule has 0 unspecified atom stereocenters. The Bertz CT molecular complexity index is 764. The van der Waals surface area contributed by atoms with E-state index in [1.165, 1.54) is 0 Å². The highest BCUT2D eigenvalue weighted by Gasteiger charge is 2.27. The summed E-state index contributed by atoms with van der Waals surface area (Å²) in [4.78, 5) is 16.8. The van der Waals surface area contributed by atoms with Gasteiger partial charge in [-0.3, -0.25) is 4.98 Å². The molecule has 1 fully saturated rings. The molecule has 1 saturated heterocycles. The summed E-state index contributed by atoms with van der Waals surface area (Å²) in [5.74, 6) is 1.62. The first-order valence-electron chi connectivity index (χ1n) is 9.44. The first-order valence-corrected chi connectivity index (χ1v) is 9.44. The molecule has 0 radical (unpaired) electrons. The highest BCUT2D eigenvalue weighted by Crippen LogP contribution is 2.30. The summed E-state index contributed by atoms with van der Waals surface area (Å²) in [7, 11) is 3.19. The molecule has 7 nitrogen and oxygen atoms in total. The zero-order valence-corrected chi connectivity index (χ0v) is 16.3. The van der Waals surface area contributed by atoms with E-state index in [4.69, 9.17) is 14.2 Å². The van der Waals surface area contributed by atoms with Crippen LogP contribution in [0.2, 0.25) is 0 Å². The fourth-order valence-corrected chi connectivity index (χ4v) is 3.45. The molecular weight excluding hydrogens is 358 g/mol. The quantitative estimate of drug-likeness (QED) is 0.766. The number of hydrogen-bond donors (Lipinski definition) is 2. The molecule has 1 aliphatic rings. The van der Waals surface area contributed by atoms with Crippen LogP contribution in [0.25, 0.3) is 0 Å². The van der Waals surface area contributed by atoms with Crippen LogP contribution in [-0.4, -0.2) is 38.4 Å². The van der Waals surface area contributed by atoms with Crippen LogP contribution in [0.4, 0.5) is 4.79 Å². The number of nitrogens with one attached hydrogen (secondary N) is 2. The standard InChI is InChI=1S/C21H27N3O4/c1-26-18-6-5-15(12-19(18)27-2)13-23-21(25)24-20(16-7-10-28-11-8-16)17-4-3-9-22-14-17/h3-6,9,12,14,16,20H,7-8,10-11,13H2,1-2H3,(H2,23,24,25)/t20-/m1/s1. The number of nitrogens with zero attached hydrogens (tertiary/aromatic N) is 1. The summed E-state index contributed by atoms with van der Waals surface area (Å²) >= 11 is 0. The lowest BCUT2D eigenvalue weighted by molar-refractivity contribution is 0.0547. The maximum absolute atomic E-state index is 12.6.